The average molecular weight is 555 g/mol. The summed E-state index contributed by atoms with van der Waals surface area (Å²) in [6, 6.07) is 2.88. The van der Waals surface area contributed by atoms with Crippen molar-refractivity contribution in [2.75, 3.05) is 13.7 Å². The largest absolute Gasteiger partial charge is 0.573 e. The molecule has 0 bridgehead atoms. The number of carbonyl (C=O) groups is 2. The third-order valence-corrected chi connectivity index (χ3v) is 7.86. The molecular weight excluding hydrogens is 517 g/mol. The number of nitrogens with one attached hydrogen (secondary N) is 3. The van der Waals surface area contributed by atoms with Crippen LogP contribution in [-0.2, 0) is 14.3 Å². The van der Waals surface area contributed by atoms with E-state index in [1.807, 2.05) is 27.7 Å². The Morgan fingerprint density at radius 3 is 2.67 bits per heavy atom. The molecule has 0 radical (unpaired) electrons. The molecule has 1 saturated carbocycles. The molecule has 9 nitrogen and oxygen atoms in total. The van der Waals surface area contributed by atoms with Crippen molar-refractivity contribution >= 4 is 17.8 Å². The number of hydrogen-bond acceptors (Lipinski definition) is 6. The van der Waals surface area contributed by atoms with Crippen LogP contribution in [0.4, 0.5) is 13.2 Å². The molecule has 0 aromatic heterocycles. The van der Waals surface area contributed by atoms with Gasteiger partial charge in [-0.15, -0.1) is 13.2 Å². The molecule has 39 heavy (non-hydrogen) atoms. The highest BCUT2D eigenvalue weighted by atomic mass is 19.4. The Labute approximate surface area is 226 Å². The van der Waals surface area contributed by atoms with E-state index < -0.39 is 29.5 Å². The predicted molar refractivity (Wildman–Crippen MR) is 136 cm³/mol. The summed E-state index contributed by atoms with van der Waals surface area (Å²) in [5, 5.41) is 14.7. The van der Waals surface area contributed by atoms with Crippen LogP contribution < -0.4 is 20.1 Å². The van der Waals surface area contributed by atoms with Crippen LogP contribution in [0.5, 0.6) is 11.5 Å². The maximum atomic E-state index is 13.4. The lowest BCUT2D eigenvalue weighted by Crippen LogP contribution is -2.63. The van der Waals surface area contributed by atoms with Crippen LogP contribution in [0.15, 0.2) is 18.2 Å². The third-order valence-electron chi connectivity index (χ3n) is 7.86. The Balaban J connectivity index is 1.51. The normalized spacial score (nSPS) is 28.6. The van der Waals surface area contributed by atoms with Gasteiger partial charge in [-0.05, 0) is 64.2 Å². The zero-order valence-corrected chi connectivity index (χ0v) is 22.9. The Morgan fingerprint density at radius 1 is 1.33 bits per heavy atom. The van der Waals surface area contributed by atoms with Crippen LogP contribution in [0.2, 0.25) is 0 Å². The molecule has 3 N–H and O–H groups in total. The maximum absolute atomic E-state index is 13.4. The molecule has 1 aliphatic carbocycles. The average Bonchev–Trinajstić information content (AvgIpc) is 3.60. The van der Waals surface area contributed by atoms with Crippen LogP contribution in [0.1, 0.15) is 71.4 Å². The molecule has 1 saturated heterocycles. The first-order valence-electron chi connectivity index (χ1n) is 13.2. The smallest absolute Gasteiger partial charge is 0.487 e. The number of nitrogens with zero attached hydrogens (tertiary/aromatic N) is 1. The minimum atomic E-state index is -4.84. The lowest BCUT2D eigenvalue weighted by atomic mass is 9.89. The summed E-state index contributed by atoms with van der Waals surface area (Å²) in [5.74, 6) is -0.969. The summed E-state index contributed by atoms with van der Waals surface area (Å²) in [5.41, 5.74) is -0.739. The highest BCUT2D eigenvalue weighted by molar-refractivity contribution is 5.99. The summed E-state index contributed by atoms with van der Waals surface area (Å²) in [6.45, 7) is 7.93. The van der Waals surface area contributed by atoms with Crippen LogP contribution in [0.25, 0.3) is 0 Å². The molecular formula is C27H37F3N4O5. The molecule has 2 heterocycles. The second-order valence-electron chi connectivity index (χ2n) is 11.6. The third kappa shape index (κ3) is 6.59. The van der Waals surface area contributed by atoms with Gasteiger partial charge in [-0.3, -0.25) is 19.9 Å². The number of amides is 2. The van der Waals surface area contributed by atoms with Gasteiger partial charge in [0, 0.05) is 43.2 Å². The van der Waals surface area contributed by atoms with Crippen molar-refractivity contribution in [2.45, 2.75) is 89.4 Å². The van der Waals surface area contributed by atoms with E-state index in [0.29, 0.717) is 43.6 Å². The van der Waals surface area contributed by atoms with E-state index in [0.717, 1.165) is 0 Å². The summed E-state index contributed by atoms with van der Waals surface area (Å²) in [4.78, 5) is 28.0. The van der Waals surface area contributed by atoms with Crippen LogP contribution >= 0.6 is 0 Å². The summed E-state index contributed by atoms with van der Waals surface area (Å²) in [7, 11) is 1.56. The van der Waals surface area contributed by atoms with Crippen molar-refractivity contribution < 1.29 is 37.0 Å². The molecule has 1 aromatic carbocycles. The van der Waals surface area contributed by atoms with E-state index in [9.17, 15) is 22.8 Å². The number of hydrogen-bond donors (Lipinski definition) is 3. The van der Waals surface area contributed by atoms with Gasteiger partial charge in [0.15, 0.2) is 5.96 Å². The number of carbonyl (C=O) groups excluding carboxylic acids is 2. The van der Waals surface area contributed by atoms with E-state index in [4.69, 9.17) is 14.9 Å². The Morgan fingerprint density at radius 2 is 2.05 bits per heavy atom. The quantitative estimate of drug-likeness (QED) is 0.420. The van der Waals surface area contributed by atoms with Gasteiger partial charge < -0.3 is 24.8 Å². The van der Waals surface area contributed by atoms with Gasteiger partial charge in [-0.25, -0.2) is 0 Å². The van der Waals surface area contributed by atoms with E-state index in [2.05, 4.69) is 15.4 Å². The van der Waals surface area contributed by atoms with Gasteiger partial charge >= 0.3 is 6.36 Å². The Bertz CT molecular complexity index is 1110. The van der Waals surface area contributed by atoms with Crippen LogP contribution in [-0.4, -0.2) is 59.9 Å². The fourth-order valence-corrected chi connectivity index (χ4v) is 5.65. The van der Waals surface area contributed by atoms with E-state index in [1.54, 1.807) is 7.11 Å². The Hall–Kier alpha value is -3.02. The molecule has 12 heteroatoms. The molecule has 2 aliphatic heterocycles. The summed E-state index contributed by atoms with van der Waals surface area (Å²) >= 11 is 0. The highest BCUT2D eigenvalue weighted by Crippen LogP contribution is 2.47. The van der Waals surface area contributed by atoms with E-state index >= 15 is 0 Å². The van der Waals surface area contributed by atoms with E-state index in [1.165, 1.54) is 23.1 Å². The minimum absolute atomic E-state index is 0.0278. The molecule has 4 rings (SSSR count). The van der Waals surface area contributed by atoms with Crippen LogP contribution in [0.3, 0.4) is 0 Å². The van der Waals surface area contributed by atoms with Crippen LogP contribution in [0, 0.1) is 17.2 Å². The molecule has 0 spiro atoms. The number of guanidine groups is 1. The first-order chi connectivity index (χ1) is 18.1. The first kappa shape index (κ1) is 29.0. The molecule has 1 unspecified atom stereocenters. The van der Waals surface area contributed by atoms with Gasteiger partial charge in [0.1, 0.15) is 17.1 Å². The second-order valence-corrected chi connectivity index (χ2v) is 11.6. The summed E-state index contributed by atoms with van der Waals surface area (Å²) in [6.07, 6.45) is -2.57. The second kappa shape index (κ2) is 10.5. The molecule has 1 aromatic rings. The van der Waals surface area contributed by atoms with E-state index in [-0.39, 0.29) is 41.9 Å². The number of alkyl halides is 3. The van der Waals surface area contributed by atoms with Gasteiger partial charge in [-0.1, -0.05) is 6.92 Å². The number of rotatable bonds is 9. The first-order valence-corrected chi connectivity index (χ1v) is 13.2. The Kier molecular flexibility index (Phi) is 7.81. The van der Waals surface area contributed by atoms with Gasteiger partial charge in [-0.2, -0.15) is 0 Å². The monoisotopic (exact) mass is 554 g/mol. The summed E-state index contributed by atoms with van der Waals surface area (Å²) < 4.78 is 53.7. The van der Waals surface area contributed by atoms with Crippen molar-refractivity contribution in [3.8, 4) is 11.5 Å². The van der Waals surface area contributed by atoms with Crippen molar-refractivity contribution in [1.29, 1.82) is 5.41 Å². The van der Waals surface area contributed by atoms with Gasteiger partial charge in [0.25, 0.3) is 0 Å². The molecule has 2 fully saturated rings. The molecule has 2 amide bonds. The van der Waals surface area contributed by atoms with Crippen molar-refractivity contribution in [2.24, 2.45) is 11.8 Å². The molecule has 3 aliphatic rings. The standard InChI is InChI=1S/C27H37F3N4O5/c1-6-26(4)14-22(35)34(24(31)33-26)20(9-10-37-5)16-12-17(16)23(36)32-19-13-25(2,3)39-21-8-7-15(11-18(19)21)38-27(28,29)30/h7-8,11,16-17,19-20H,6,9-10,12-14H2,1-5H3,(H2,31,33)(H,32,36)/t16-,17-,19?,20-,26-/m1/s1. The fraction of sp³-hybridized carbons (Fsp3) is 0.667. The zero-order chi connectivity index (χ0) is 28.8. The number of halogens is 3. The number of benzene rings is 1. The predicted octanol–water partition coefficient (Wildman–Crippen LogP) is 4.27. The molecule has 5 atom stereocenters. The SMILES string of the molecule is CC[C@]1(C)CC(=O)N([C@H](CCOC)[C@@H]2C[C@H]2C(=O)NC2CC(C)(C)Oc3ccc(OC(F)(F)F)cc32)C(=N)N1. The highest BCUT2D eigenvalue weighted by Gasteiger charge is 2.53. The topological polar surface area (TPSA) is 113 Å². The number of ether oxygens (including phenoxy) is 3. The van der Waals surface area contributed by atoms with Gasteiger partial charge in [0.2, 0.25) is 11.8 Å². The van der Waals surface area contributed by atoms with Gasteiger partial charge in [0.05, 0.1) is 12.5 Å². The molecule has 216 valence electrons. The lowest BCUT2D eigenvalue weighted by Gasteiger charge is -2.43. The van der Waals surface area contributed by atoms with Crippen molar-refractivity contribution in [3.63, 3.8) is 0 Å². The minimum Gasteiger partial charge on any atom is -0.487 e. The zero-order valence-electron chi connectivity index (χ0n) is 22.9. The lowest BCUT2D eigenvalue weighted by molar-refractivity contribution is -0.274. The van der Waals surface area contributed by atoms with Crippen molar-refractivity contribution in [3.05, 3.63) is 23.8 Å². The fourth-order valence-electron chi connectivity index (χ4n) is 5.65. The number of methoxy groups -OCH3 is 1. The number of fused-ring (bicyclic) bond motifs is 1. The maximum Gasteiger partial charge on any atom is 0.573 e. The van der Waals surface area contributed by atoms with Crippen molar-refractivity contribution in [1.82, 2.24) is 15.5 Å².